The minimum Gasteiger partial charge on any atom is -0.424 e. The zero-order valence-electron chi connectivity index (χ0n) is 17.5. The van der Waals surface area contributed by atoms with E-state index in [9.17, 15) is 4.79 Å². The van der Waals surface area contributed by atoms with Gasteiger partial charge in [-0.05, 0) is 31.2 Å². The number of nitrogens with zero attached hydrogens (tertiary/aromatic N) is 6. The summed E-state index contributed by atoms with van der Waals surface area (Å²) < 4.78 is 11.4. The summed E-state index contributed by atoms with van der Waals surface area (Å²) in [5.74, 6) is 1.40. The summed E-state index contributed by atoms with van der Waals surface area (Å²) in [5.41, 5.74) is 7.18. The van der Waals surface area contributed by atoms with Crippen LogP contribution in [0.4, 0.5) is 11.1 Å². The highest BCUT2D eigenvalue weighted by Gasteiger charge is 2.20. The molecular formula is C20H23N7O3S. The van der Waals surface area contributed by atoms with Crippen molar-refractivity contribution >= 4 is 28.3 Å². The van der Waals surface area contributed by atoms with Gasteiger partial charge in [0.25, 0.3) is 5.91 Å². The van der Waals surface area contributed by atoms with Gasteiger partial charge in [0, 0.05) is 32.7 Å². The fourth-order valence-electron chi connectivity index (χ4n) is 3.05. The Labute approximate surface area is 183 Å². The number of nitrogen functional groups attached to an aromatic ring is 1. The zero-order chi connectivity index (χ0) is 22.0. The molecule has 1 aliphatic heterocycles. The third kappa shape index (κ3) is 4.72. The van der Waals surface area contributed by atoms with Crippen LogP contribution in [0.1, 0.15) is 16.1 Å². The maximum Gasteiger partial charge on any atom is 0.327 e. The summed E-state index contributed by atoms with van der Waals surface area (Å²) in [6, 6.07) is 6.99. The molecule has 0 unspecified atom stereocenters. The van der Waals surface area contributed by atoms with Crippen molar-refractivity contribution in [3.8, 4) is 22.5 Å². The molecule has 10 nitrogen and oxygen atoms in total. The predicted octanol–water partition coefficient (Wildman–Crippen LogP) is 2.22. The lowest BCUT2D eigenvalue weighted by Crippen LogP contribution is -2.37. The first-order valence-corrected chi connectivity index (χ1v) is 10.5. The number of aryl methyl sites for hydroxylation is 1. The number of carbonyl (C=O) groups is 1. The van der Waals surface area contributed by atoms with E-state index >= 15 is 0 Å². The molecule has 1 aromatic carbocycles. The number of amides is 1. The Balaban J connectivity index is 1.66. The lowest BCUT2D eigenvalue weighted by atomic mass is 10.2. The average molecular weight is 442 g/mol. The third-order valence-corrected chi connectivity index (χ3v) is 5.61. The molecule has 1 amide bonds. The summed E-state index contributed by atoms with van der Waals surface area (Å²) in [7, 11) is 3.42. The highest BCUT2D eigenvalue weighted by atomic mass is 32.1. The normalized spacial score (nSPS) is 13.8. The average Bonchev–Trinajstić information content (AvgIpc) is 3.12. The second kappa shape index (κ2) is 8.82. The lowest BCUT2D eigenvalue weighted by molar-refractivity contribution is 0.0827. The molecule has 1 saturated heterocycles. The van der Waals surface area contributed by atoms with Crippen LogP contribution in [0.15, 0.2) is 24.3 Å². The first-order valence-electron chi connectivity index (χ1n) is 9.72. The molecule has 2 N–H and O–H groups in total. The maximum atomic E-state index is 12.1. The number of hydrogen-bond donors (Lipinski definition) is 1. The van der Waals surface area contributed by atoms with Gasteiger partial charge in [0.05, 0.1) is 23.8 Å². The molecule has 2 aromatic heterocycles. The molecule has 11 heteroatoms. The van der Waals surface area contributed by atoms with Crippen LogP contribution in [-0.2, 0) is 4.74 Å². The van der Waals surface area contributed by atoms with Gasteiger partial charge < -0.3 is 25.0 Å². The number of hydrogen-bond acceptors (Lipinski definition) is 10. The smallest absolute Gasteiger partial charge is 0.327 e. The third-order valence-electron chi connectivity index (χ3n) is 4.63. The van der Waals surface area contributed by atoms with Crippen LogP contribution in [0.25, 0.3) is 10.7 Å². The van der Waals surface area contributed by atoms with Gasteiger partial charge in [0.1, 0.15) is 5.75 Å². The molecule has 4 rings (SSSR count). The summed E-state index contributed by atoms with van der Waals surface area (Å²) in [5, 5.41) is 0.449. The number of nitrogens with two attached hydrogens (primary N) is 1. The highest BCUT2D eigenvalue weighted by molar-refractivity contribution is 7.18. The van der Waals surface area contributed by atoms with E-state index in [0.29, 0.717) is 54.5 Å². The monoisotopic (exact) mass is 441 g/mol. The Bertz CT molecular complexity index is 1080. The quantitative estimate of drug-likeness (QED) is 0.635. The molecule has 0 radical (unpaired) electrons. The van der Waals surface area contributed by atoms with Crippen LogP contribution in [-0.4, -0.2) is 71.1 Å². The molecule has 3 aromatic rings. The number of morpholine rings is 1. The van der Waals surface area contributed by atoms with E-state index in [1.807, 2.05) is 11.8 Å². The molecule has 0 aliphatic carbocycles. The van der Waals surface area contributed by atoms with Crippen molar-refractivity contribution in [3.63, 3.8) is 0 Å². The van der Waals surface area contributed by atoms with Gasteiger partial charge in [-0.1, -0.05) is 11.3 Å². The van der Waals surface area contributed by atoms with Gasteiger partial charge in [-0.3, -0.25) is 4.79 Å². The minimum absolute atomic E-state index is 0.0816. The van der Waals surface area contributed by atoms with Crippen molar-refractivity contribution in [2.45, 2.75) is 6.92 Å². The summed E-state index contributed by atoms with van der Waals surface area (Å²) in [4.78, 5) is 34.3. The molecule has 0 spiro atoms. The van der Waals surface area contributed by atoms with E-state index in [-0.39, 0.29) is 11.9 Å². The second-order valence-electron chi connectivity index (χ2n) is 7.13. The first kappa shape index (κ1) is 20.9. The van der Waals surface area contributed by atoms with E-state index in [1.165, 1.54) is 16.2 Å². The SMILES string of the molecule is Cc1nc(N)sc1-c1nc(Oc2ccc(C(=O)N(C)C)cc2)nc(N2CCOCC2)n1. The van der Waals surface area contributed by atoms with Crippen molar-refractivity contribution in [3.05, 3.63) is 35.5 Å². The Morgan fingerprint density at radius 1 is 1.13 bits per heavy atom. The van der Waals surface area contributed by atoms with E-state index in [2.05, 4.69) is 19.9 Å². The molecule has 1 fully saturated rings. The Morgan fingerprint density at radius 2 is 1.84 bits per heavy atom. The van der Waals surface area contributed by atoms with Crippen molar-refractivity contribution < 1.29 is 14.3 Å². The topological polar surface area (TPSA) is 120 Å². The van der Waals surface area contributed by atoms with Gasteiger partial charge in [0.2, 0.25) is 5.95 Å². The van der Waals surface area contributed by atoms with E-state index in [0.717, 1.165) is 10.6 Å². The van der Waals surface area contributed by atoms with Gasteiger partial charge in [-0.2, -0.15) is 15.0 Å². The fraction of sp³-hybridized carbons (Fsp3) is 0.350. The molecule has 31 heavy (non-hydrogen) atoms. The number of benzene rings is 1. The summed E-state index contributed by atoms with van der Waals surface area (Å²) in [6.07, 6.45) is 0. The van der Waals surface area contributed by atoms with Crippen molar-refractivity contribution in [2.75, 3.05) is 51.0 Å². The lowest BCUT2D eigenvalue weighted by Gasteiger charge is -2.26. The molecule has 3 heterocycles. The first-order chi connectivity index (χ1) is 14.9. The predicted molar refractivity (Wildman–Crippen MR) is 118 cm³/mol. The largest absolute Gasteiger partial charge is 0.424 e. The van der Waals surface area contributed by atoms with Gasteiger partial charge in [-0.15, -0.1) is 0 Å². The number of carbonyl (C=O) groups excluding carboxylic acids is 1. The summed E-state index contributed by atoms with van der Waals surface area (Å²) in [6.45, 7) is 4.42. The Kier molecular flexibility index (Phi) is 5.96. The summed E-state index contributed by atoms with van der Waals surface area (Å²) >= 11 is 1.32. The standard InChI is InChI=1S/C20H23N7O3S/c1-12-15(31-18(21)22-12)16-23-19(27-8-10-29-11-9-27)25-20(24-16)30-14-6-4-13(5-7-14)17(28)26(2)3/h4-7H,8-11H2,1-3H3,(H2,21,22). The van der Waals surface area contributed by atoms with Crippen LogP contribution in [0.2, 0.25) is 0 Å². The van der Waals surface area contributed by atoms with E-state index in [4.69, 9.17) is 15.2 Å². The Hall–Kier alpha value is -3.31. The maximum absolute atomic E-state index is 12.1. The van der Waals surface area contributed by atoms with Crippen LogP contribution in [0.3, 0.4) is 0 Å². The van der Waals surface area contributed by atoms with Gasteiger partial charge >= 0.3 is 6.01 Å². The number of ether oxygens (including phenoxy) is 2. The van der Waals surface area contributed by atoms with E-state index in [1.54, 1.807) is 38.4 Å². The molecule has 1 aliphatic rings. The fourth-order valence-corrected chi connectivity index (χ4v) is 3.82. The molecular weight excluding hydrogens is 418 g/mol. The van der Waals surface area contributed by atoms with Crippen LogP contribution in [0, 0.1) is 6.92 Å². The molecule has 162 valence electrons. The molecule has 0 atom stereocenters. The number of anilines is 2. The highest BCUT2D eigenvalue weighted by Crippen LogP contribution is 2.31. The Morgan fingerprint density at radius 3 is 2.45 bits per heavy atom. The molecule has 0 saturated carbocycles. The minimum atomic E-state index is -0.0816. The second-order valence-corrected chi connectivity index (χ2v) is 8.16. The van der Waals surface area contributed by atoms with Crippen molar-refractivity contribution in [1.29, 1.82) is 0 Å². The number of aromatic nitrogens is 4. The van der Waals surface area contributed by atoms with Gasteiger partial charge in [-0.25, -0.2) is 4.98 Å². The van der Waals surface area contributed by atoms with Crippen LogP contribution >= 0.6 is 11.3 Å². The number of thiazole rings is 1. The van der Waals surface area contributed by atoms with Crippen LogP contribution in [0.5, 0.6) is 11.8 Å². The van der Waals surface area contributed by atoms with Crippen molar-refractivity contribution in [2.24, 2.45) is 0 Å². The zero-order valence-corrected chi connectivity index (χ0v) is 18.3. The van der Waals surface area contributed by atoms with Gasteiger partial charge in [0.15, 0.2) is 11.0 Å². The number of rotatable bonds is 5. The van der Waals surface area contributed by atoms with Crippen molar-refractivity contribution in [1.82, 2.24) is 24.8 Å². The van der Waals surface area contributed by atoms with Crippen LogP contribution < -0.4 is 15.4 Å². The molecule has 0 bridgehead atoms. The van der Waals surface area contributed by atoms with E-state index < -0.39 is 0 Å².